The molecule has 3 N–H and O–H groups in total. The largest absolute Gasteiger partial charge is 0.450 e. The SMILES string of the molecule is COCC(C)(CO)CNC(=S)Nc1cc(F)c(Oc2ccnc3c2c(Cl)cn3COCC[Si](C)C)c(F)c1. The normalized spacial score (nSPS) is 13.1. The lowest BCUT2D eigenvalue weighted by Crippen LogP contribution is -2.42. The average molecular weight is 586 g/mol. The van der Waals surface area contributed by atoms with Gasteiger partial charge in [0.05, 0.1) is 23.6 Å². The third kappa shape index (κ3) is 7.84. The molecule has 0 bridgehead atoms. The van der Waals surface area contributed by atoms with E-state index in [1.807, 2.05) is 6.92 Å². The van der Waals surface area contributed by atoms with Crippen molar-refractivity contribution in [1.82, 2.24) is 14.9 Å². The highest BCUT2D eigenvalue weighted by atomic mass is 35.5. The van der Waals surface area contributed by atoms with Crippen LogP contribution in [0.5, 0.6) is 11.5 Å². The highest BCUT2D eigenvalue weighted by Crippen LogP contribution is 2.37. The zero-order valence-electron chi connectivity index (χ0n) is 21.7. The second-order valence-electron chi connectivity index (χ2n) is 9.53. The molecule has 0 saturated carbocycles. The minimum Gasteiger partial charge on any atom is -0.450 e. The Hall–Kier alpha value is -2.35. The number of halogens is 3. The van der Waals surface area contributed by atoms with Crippen molar-refractivity contribution in [2.45, 2.75) is 32.8 Å². The minimum atomic E-state index is -0.935. The van der Waals surface area contributed by atoms with E-state index < -0.39 is 31.6 Å². The smallest absolute Gasteiger partial charge is 0.198 e. The van der Waals surface area contributed by atoms with Crippen LogP contribution in [0.25, 0.3) is 11.0 Å². The zero-order chi connectivity index (χ0) is 27.9. The predicted octanol–water partition coefficient (Wildman–Crippen LogP) is 5.42. The lowest BCUT2D eigenvalue weighted by Gasteiger charge is -2.27. The van der Waals surface area contributed by atoms with E-state index in [2.05, 4.69) is 28.7 Å². The van der Waals surface area contributed by atoms with E-state index >= 15 is 0 Å². The molecule has 2 heterocycles. The predicted molar refractivity (Wildman–Crippen MR) is 151 cm³/mol. The number of aliphatic hydroxyl groups excluding tert-OH is 1. The molecule has 3 aromatic rings. The van der Waals surface area contributed by atoms with Crippen molar-refractivity contribution in [1.29, 1.82) is 0 Å². The van der Waals surface area contributed by atoms with E-state index in [4.69, 9.17) is 38.0 Å². The summed E-state index contributed by atoms with van der Waals surface area (Å²) in [7, 11) is 1.14. The van der Waals surface area contributed by atoms with Crippen molar-refractivity contribution in [2.75, 3.05) is 38.8 Å². The van der Waals surface area contributed by atoms with Crippen LogP contribution in [0.15, 0.2) is 30.6 Å². The van der Waals surface area contributed by atoms with Crippen LogP contribution in [0.2, 0.25) is 24.2 Å². The Morgan fingerprint density at radius 2 is 2.00 bits per heavy atom. The number of hydrogen-bond acceptors (Lipinski definition) is 6. The Bertz CT molecular complexity index is 1240. The second-order valence-corrected chi connectivity index (χ2v) is 13.3. The number of ether oxygens (including phenoxy) is 3. The van der Waals surface area contributed by atoms with Gasteiger partial charge in [-0.15, -0.1) is 0 Å². The molecule has 1 unspecified atom stereocenters. The molecule has 0 aliphatic carbocycles. The number of fused-ring (bicyclic) bond motifs is 1. The van der Waals surface area contributed by atoms with Crippen LogP contribution < -0.4 is 15.4 Å². The molecule has 13 heteroatoms. The summed E-state index contributed by atoms with van der Waals surface area (Å²) in [6.45, 7) is 7.57. The van der Waals surface area contributed by atoms with Crippen LogP contribution >= 0.6 is 23.8 Å². The lowest BCUT2D eigenvalue weighted by atomic mass is 9.93. The summed E-state index contributed by atoms with van der Waals surface area (Å²) in [5, 5.41) is 16.1. The number of methoxy groups -OCH3 is 1. The molecular formula is C25H32ClF2N4O4SSi. The first kappa shape index (κ1) is 30.2. The Morgan fingerprint density at radius 1 is 1.29 bits per heavy atom. The van der Waals surface area contributed by atoms with Gasteiger partial charge in [-0.05, 0) is 24.3 Å². The fourth-order valence-corrected chi connectivity index (χ4v) is 4.61. The van der Waals surface area contributed by atoms with Crippen LogP contribution in [0.1, 0.15) is 6.92 Å². The fraction of sp³-hybridized carbons (Fsp3) is 0.440. The molecule has 207 valence electrons. The first-order valence-corrected chi connectivity index (χ1v) is 15.4. The first-order valence-electron chi connectivity index (χ1n) is 11.9. The number of nitrogens with zero attached hydrogens (tertiary/aromatic N) is 2. The van der Waals surface area contributed by atoms with Gasteiger partial charge in [-0.1, -0.05) is 31.6 Å². The molecule has 1 atom stereocenters. The lowest BCUT2D eigenvalue weighted by molar-refractivity contribution is 0.0457. The number of anilines is 1. The van der Waals surface area contributed by atoms with Crippen LogP contribution in [-0.4, -0.2) is 62.0 Å². The van der Waals surface area contributed by atoms with Crippen molar-refractivity contribution in [3.05, 3.63) is 47.2 Å². The van der Waals surface area contributed by atoms with E-state index in [1.165, 1.54) is 19.4 Å². The molecule has 38 heavy (non-hydrogen) atoms. The summed E-state index contributed by atoms with van der Waals surface area (Å²) >= 11 is 11.7. The Labute approximate surface area is 232 Å². The molecule has 0 aliphatic heterocycles. The highest BCUT2D eigenvalue weighted by molar-refractivity contribution is 7.80. The summed E-state index contributed by atoms with van der Waals surface area (Å²) in [5.41, 5.74) is -0.0105. The summed E-state index contributed by atoms with van der Waals surface area (Å²) in [6.07, 6.45) is 3.13. The van der Waals surface area contributed by atoms with Gasteiger partial charge in [-0.25, -0.2) is 13.8 Å². The van der Waals surface area contributed by atoms with E-state index in [0.29, 0.717) is 29.3 Å². The molecule has 0 aliphatic rings. The number of nitrogens with one attached hydrogen (secondary N) is 2. The van der Waals surface area contributed by atoms with Crippen molar-refractivity contribution in [2.24, 2.45) is 5.41 Å². The molecule has 1 radical (unpaired) electrons. The Balaban J connectivity index is 1.73. The molecule has 8 nitrogen and oxygen atoms in total. The second kappa shape index (κ2) is 13.6. The van der Waals surface area contributed by atoms with Crippen LogP contribution in [-0.2, 0) is 16.2 Å². The van der Waals surface area contributed by atoms with Crippen molar-refractivity contribution in [3.63, 3.8) is 0 Å². The zero-order valence-corrected chi connectivity index (χ0v) is 24.3. The van der Waals surface area contributed by atoms with Gasteiger partial charge in [-0.3, -0.25) is 0 Å². The first-order chi connectivity index (χ1) is 18.1. The maximum Gasteiger partial charge on any atom is 0.198 e. The summed E-state index contributed by atoms with van der Waals surface area (Å²) in [6, 6.07) is 4.65. The Morgan fingerprint density at radius 3 is 2.63 bits per heavy atom. The maximum atomic E-state index is 15.0. The molecule has 0 amide bonds. The minimum absolute atomic E-state index is 0.0899. The van der Waals surface area contributed by atoms with Crippen molar-refractivity contribution < 1.29 is 28.1 Å². The van der Waals surface area contributed by atoms with Gasteiger partial charge in [0.25, 0.3) is 0 Å². The monoisotopic (exact) mass is 585 g/mol. The molecule has 1 aromatic carbocycles. The van der Waals surface area contributed by atoms with Crippen LogP contribution in [0.4, 0.5) is 14.5 Å². The maximum absolute atomic E-state index is 15.0. The number of thiocarbonyl (C=S) groups is 1. The summed E-state index contributed by atoms with van der Waals surface area (Å²) in [4.78, 5) is 4.34. The van der Waals surface area contributed by atoms with Crippen LogP contribution in [0, 0.1) is 17.0 Å². The Kier molecular flexibility index (Phi) is 10.8. The molecule has 0 fully saturated rings. The summed E-state index contributed by atoms with van der Waals surface area (Å²) in [5.74, 6) is -2.30. The molecule has 0 spiro atoms. The van der Waals surface area contributed by atoms with Crippen LogP contribution in [0.3, 0.4) is 0 Å². The fourth-order valence-electron chi connectivity index (χ4n) is 3.57. The van der Waals surface area contributed by atoms with Gasteiger partial charge in [0.2, 0.25) is 0 Å². The third-order valence-corrected chi connectivity index (χ3v) is 7.41. The topological polar surface area (TPSA) is 89.8 Å². The van der Waals surface area contributed by atoms with Gasteiger partial charge in [0.1, 0.15) is 18.1 Å². The van der Waals surface area contributed by atoms with Gasteiger partial charge >= 0.3 is 0 Å². The third-order valence-electron chi connectivity index (χ3n) is 5.67. The standard InChI is InChI=1S/C25H32ClF2N4O4SSi/c1-25(13-33,14-34-2)12-30-24(37)31-16-9-18(27)22(19(28)10-16)36-20-5-6-29-23-21(20)17(26)11-32(23)15-35-7-8-38(3)4/h5-6,9-11,33H,7-8,12-15H2,1-4H3,(H2,30,31,37). The van der Waals surface area contributed by atoms with Crippen molar-refractivity contribution in [3.8, 4) is 11.5 Å². The van der Waals surface area contributed by atoms with Gasteiger partial charge in [-0.2, -0.15) is 0 Å². The quantitative estimate of drug-likeness (QED) is 0.139. The number of aliphatic hydroxyl groups is 1. The summed E-state index contributed by atoms with van der Waals surface area (Å²) < 4.78 is 48.2. The number of pyridine rings is 1. The number of rotatable bonds is 13. The van der Waals surface area contributed by atoms with E-state index in [9.17, 15) is 13.9 Å². The van der Waals surface area contributed by atoms with E-state index in [-0.39, 0.29) is 36.4 Å². The van der Waals surface area contributed by atoms with Gasteiger partial charge in [0.15, 0.2) is 22.5 Å². The molecule has 0 saturated heterocycles. The highest BCUT2D eigenvalue weighted by Gasteiger charge is 2.24. The number of hydrogen-bond donors (Lipinski definition) is 3. The van der Waals surface area contributed by atoms with Gasteiger partial charge < -0.3 is 34.5 Å². The van der Waals surface area contributed by atoms with Gasteiger partial charge in [0, 0.05) is 64.7 Å². The average Bonchev–Trinajstić information content (AvgIpc) is 3.19. The van der Waals surface area contributed by atoms with E-state index in [0.717, 1.165) is 18.2 Å². The molecular weight excluding hydrogens is 554 g/mol. The van der Waals surface area contributed by atoms with E-state index in [1.54, 1.807) is 10.8 Å². The number of benzene rings is 1. The number of aromatic nitrogens is 2. The molecule has 3 rings (SSSR count). The molecule has 2 aromatic heterocycles. The van der Waals surface area contributed by atoms with Crippen molar-refractivity contribution >= 4 is 54.4 Å².